The fraction of sp³-hybridized carbons (Fsp3) is 0.462. The van der Waals surface area contributed by atoms with Crippen molar-refractivity contribution in [1.29, 1.82) is 0 Å². The third-order valence-corrected chi connectivity index (χ3v) is 4.16. The highest BCUT2D eigenvalue weighted by Crippen LogP contribution is 2.43. The Morgan fingerprint density at radius 3 is 3.00 bits per heavy atom. The van der Waals surface area contributed by atoms with E-state index in [9.17, 15) is 4.79 Å². The molecule has 5 heteroatoms. The van der Waals surface area contributed by atoms with E-state index >= 15 is 0 Å². The zero-order valence-corrected chi connectivity index (χ0v) is 11.8. The molecule has 0 spiro atoms. The number of nitrogens with zero attached hydrogens (tertiary/aromatic N) is 1. The number of rotatable bonds is 3. The van der Waals surface area contributed by atoms with Crippen molar-refractivity contribution in [3.8, 4) is 5.75 Å². The van der Waals surface area contributed by atoms with Gasteiger partial charge in [-0.05, 0) is 25.6 Å². The molecule has 0 aliphatic carbocycles. The van der Waals surface area contributed by atoms with Gasteiger partial charge in [0, 0.05) is 17.2 Å². The van der Waals surface area contributed by atoms with Gasteiger partial charge in [-0.2, -0.15) is 0 Å². The maximum Gasteiger partial charge on any atom is 0.241 e. The van der Waals surface area contributed by atoms with E-state index in [4.69, 9.17) is 4.74 Å². The van der Waals surface area contributed by atoms with Gasteiger partial charge in [-0.25, -0.2) is 0 Å². The first-order chi connectivity index (χ1) is 8.69. The fourth-order valence-electron chi connectivity index (χ4n) is 2.10. The molecule has 0 radical (unpaired) electrons. The highest BCUT2D eigenvalue weighted by Gasteiger charge is 2.27. The van der Waals surface area contributed by atoms with Crippen molar-refractivity contribution < 1.29 is 9.53 Å². The lowest BCUT2D eigenvalue weighted by Crippen LogP contribution is -2.40. The van der Waals surface area contributed by atoms with E-state index in [0.29, 0.717) is 6.54 Å². The second-order valence-electron chi connectivity index (χ2n) is 4.19. The van der Waals surface area contributed by atoms with Gasteiger partial charge in [-0.1, -0.05) is 6.07 Å². The first kappa shape index (κ1) is 13.2. The molecule has 1 N–H and O–H groups in total. The zero-order chi connectivity index (χ0) is 13.1. The molecule has 4 nitrogen and oxygen atoms in total. The van der Waals surface area contributed by atoms with Crippen molar-refractivity contribution in [3.05, 3.63) is 17.7 Å². The molecule has 1 aromatic rings. The van der Waals surface area contributed by atoms with Crippen LogP contribution < -0.4 is 15.0 Å². The molecule has 98 valence electrons. The van der Waals surface area contributed by atoms with E-state index in [1.807, 2.05) is 17.0 Å². The normalized spacial score (nSPS) is 14.3. The molecule has 0 atom stereocenters. The quantitative estimate of drug-likeness (QED) is 0.903. The summed E-state index contributed by atoms with van der Waals surface area (Å²) in [5.74, 6) is 1.78. The standard InChI is InChI=1S/C13H18N2O2S/c1-9-4-5-10(17-3)12-13(9)18-7-6-15(12)11(16)8-14-2/h4-5,14H,6-8H2,1-3H3. The SMILES string of the molecule is CNCC(=O)N1CCSc2c(C)ccc(OC)c21. The van der Waals surface area contributed by atoms with Crippen molar-refractivity contribution in [2.45, 2.75) is 11.8 Å². The molecule has 1 amide bonds. The number of thioether (sulfide) groups is 1. The van der Waals surface area contributed by atoms with Gasteiger partial charge in [0.1, 0.15) is 11.4 Å². The number of fused-ring (bicyclic) bond motifs is 1. The van der Waals surface area contributed by atoms with E-state index in [1.165, 1.54) is 5.56 Å². The third kappa shape index (κ3) is 2.33. The van der Waals surface area contributed by atoms with Gasteiger partial charge in [0.2, 0.25) is 5.91 Å². The minimum atomic E-state index is 0.0861. The van der Waals surface area contributed by atoms with Crippen LogP contribution in [0.4, 0.5) is 5.69 Å². The second-order valence-corrected chi connectivity index (χ2v) is 5.29. The second kappa shape index (κ2) is 5.63. The van der Waals surface area contributed by atoms with E-state index in [0.717, 1.165) is 28.6 Å². The third-order valence-electron chi connectivity index (χ3n) is 2.97. The first-order valence-electron chi connectivity index (χ1n) is 5.94. The van der Waals surface area contributed by atoms with Crippen LogP contribution in [0.25, 0.3) is 0 Å². The lowest BCUT2D eigenvalue weighted by molar-refractivity contribution is -0.117. The van der Waals surface area contributed by atoms with E-state index in [-0.39, 0.29) is 5.91 Å². The molecule has 18 heavy (non-hydrogen) atoms. The predicted octanol–water partition coefficient (Wildman–Crippen LogP) is 1.66. The molecular weight excluding hydrogens is 248 g/mol. The van der Waals surface area contributed by atoms with Gasteiger partial charge < -0.3 is 15.0 Å². The van der Waals surface area contributed by atoms with Crippen LogP contribution >= 0.6 is 11.8 Å². The van der Waals surface area contributed by atoms with Crippen LogP contribution in [0.3, 0.4) is 0 Å². The maximum absolute atomic E-state index is 12.1. The lowest BCUT2D eigenvalue weighted by Gasteiger charge is -2.31. The van der Waals surface area contributed by atoms with Crippen LogP contribution in [0.15, 0.2) is 17.0 Å². The molecule has 0 aromatic heterocycles. The number of ether oxygens (including phenoxy) is 1. The summed E-state index contributed by atoms with van der Waals surface area (Å²) in [5.41, 5.74) is 2.12. The van der Waals surface area contributed by atoms with Gasteiger partial charge in [0.05, 0.1) is 13.7 Å². The van der Waals surface area contributed by atoms with Crippen molar-refractivity contribution in [3.63, 3.8) is 0 Å². The molecule has 0 unspecified atom stereocenters. The van der Waals surface area contributed by atoms with Crippen LogP contribution in [0.2, 0.25) is 0 Å². The molecule has 0 fully saturated rings. The van der Waals surface area contributed by atoms with E-state index in [1.54, 1.807) is 25.9 Å². The van der Waals surface area contributed by atoms with Crippen LogP contribution in [-0.2, 0) is 4.79 Å². The maximum atomic E-state index is 12.1. The minimum Gasteiger partial charge on any atom is -0.495 e. The summed E-state index contributed by atoms with van der Waals surface area (Å²) in [4.78, 5) is 15.1. The van der Waals surface area contributed by atoms with Crippen molar-refractivity contribution in [2.24, 2.45) is 0 Å². The van der Waals surface area contributed by atoms with Crippen LogP contribution in [0.5, 0.6) is 5.75 Å². The molecule has 1 aliphatic rings. The number of likely N-dealkylation sites (N-methyl/N-ethyl adjacent to an activating group) is 1. The minimum absolute atomic E-state index is 0.0861. The average Bonchev–Trinajstić information content (AvgIpc) is 2.39. The Morgan fingerprint density at radius 1 is 1.56 bits per heavy atom. The van der Waals surface area contributed by atoms with Gasteiger partial charge in [0.15, 0.2) is 0 Å². The Morgan fingerprint density at radius 2 is 2.33 bits per heavy atom. The summed E-state index contributed by atoms with van der Waals surface area (Å²) < 4.78 is 5.40. The lowest BCUT2D eigenvalue weighted by atomic mass is 10.1. The summed E-state index contributed by atoms with van der Waals surface area (Å²) in [6.45, 7) is 3.15. The summed E-state index contributed by atoms with van der Waals surface area (Å²) in [6.07, 6.45) is 0. The molecule has 0 bridgehead atoms. The zero-order valence-electron chi connectivity index (χ0n) is 10.9. The Balaban J connectivity index is 2.46. The number of hydrogen-bond acceptors (Lipinski definition) is 4. The largest absolute Gasteiger partial charge is 0.495 e. The van der Waals surface area contributed by atoms with Crippen LogP contribution in [0.1, 0.15) is 5.56 Å². The number of carbonyl (C=O) groups is 1. The molecule has 1 aromatic carbocycles. The van der Waals surface area contributed by atoms with Crippen molar-refractivity contribution in [2.75, 3.05) is 37.9 Å². The number of benzene rings is 1. The molecule has 1 heterocycles. The monoisotopic (exact) mass is 266 g/mol. The molecule has 1 aliphatic heterocycles. The number of anilines is 1. The highest BCUT2D eigenvalue weighted by molar-refractivity contribution is 7.99. The van der Waals surface area contributed by atoms with Gasteiger partial charge in [-0.15, -0.1) is 11.8 Å². The van der Waals surface area contributed by atoms with Gasteiger partial charge in [0.25, 0.3) is 0 Å². The Kier molecular flexibility index (Phi) is 4.14. The summed E-state index contributed by atoms with van der Waals surface area (Å²) >= 11 is 1.79. The van der Waals surface area contributed by atoms with Gasteiger partial charge >= 0.3 is 0 Å². The van der Waals surface area contributed by atoms with E-state index < -0.39 is 0 Å². The van der Waals surface area contributed by atoms with E-state index in [2.05, 4.69) is 12.2 Å². The van der Waals surface area contributed by atoms with Crippen LogP contribution in [-0.4, -0.2) is 38.9 Å². The van der Waals surface area contributed by atoms with Crippen molar-refractivity contribution >= 4 is 23.4 Å². The fourth-order valence-corrected chi connectivity index (χ4v) is 3.22. The summed E-state index contributed by atoms with van der Waals surface area (Å²) in [5, 5.41) is 2.91. The highest BCUT2D eigenvalue weighted by atomic mass is 32.2. The predicted molar refractivity (Wildman–Crippen MR) is 74.7 cm³/mol. The topological polar surface area (TPSA) is 41.6 Å². The number of hydrogen-bond donors (Lipinski definition) is 1. The van der Waals surface area contributed by atoms with Crippen molar-refractivity contribution in [1.82, 2.24) is 5.32 Å². The number of methoxy groups -OCH3 is 1. The number of aryl methyl sites for hydroxylation is 1. The van der Waals surface area contributed by atoms with Crippen LogP contribution in [0, 0.1) is 6.92 Å². The molecule has 2 rings (SSSR count). The summed E-state index contributed by atoms with van der Waals surface area (Å²) in [6, 6.07) is 3.97. The number of nitrogens with one attached hydrogen (secondary N) is 1. The van der Waals surface area contributed by atoms with Gasteiger partial charge in [-0.3, -0.25) is 4.79 Å². The molecular formula is C13H18N2O2S. The number of carbonyl (C=O) groups excluding carboxylic acids is 1. The average molecular weight is 266 g/mol. The molecule has 0 saturated carbocycles. The Bertz CT molecular complexity index is 463. The number of amides is 1. The Hall–Kier alpha value is -1.20. The molecule has 0 saturated heterocycles. The first-order valence-corrected chi connectivity index (χ1v) is 6.93. The smallest absolute Gasteiger partial charge is 0.241 e. The summed E-state index contributed by atoms with van der Waals surface area (Å²) in [7, 11) is 3.43. The Labute approximate surface area is 112 Å².